The summed E-state index contributed by atoms with van der Waals surface area (Å²) >= 11 is 0. The first-order valence-electron chi connectivity index (χ1n) is 9.77. The first kappa shape index (κ1) is 17.9. The lowest BCUT2D eigenvalue weighted by atomic mass is 9.83. The number of piperidine rings is 1. The third-order valence-corrected chi connectivity index (χ3v) is 6.01. The predicted molar refractivity (Wildman–Crippen MR) is 105 cm³/mol. The summed E-state index contributed by atoms with van der Waals surface area (Å²) in [4.78, 5) is 2.54. The molecule has 27 heavy (non-hydrogen) atoms. The van der Waals surface area contributed by atoms with Gasteiger partial charge >= 0.3 is 0 Å². The van der Waals surface area contributed by atoms with Crippen molar-refractivity contribution < 1.29 is 9.47 Å². The molecule has 2 aliphatic rings. The topological polar surface area (TPSA) is 45.5 Å². The van der Waals surface area contributed by atoms with Gasteiger partial charge in [-0.15, -0.1) is 0 Å². The zero-order chi connectivity index (χ0) is 18.7. The normalized spacial score (nSPS) is 18.4. The van der Waals surface area contributed by atoms with Crippen LogP contribution in [0.25, 0.3) is 0 Å². The molecule has 0 radical (unpaired) electrons. The Hall–Kier alpha value is -2.51. The first-order valence-corrected chi connectivity index (χ1v) is 9.77. The molecule has 1 spiro atoms. The molecule has 4 nitrogen and oxygen atoms in total. The maximum Gasteiger partial charge on any atom is 0.123 e. The third-order valence-electron chi connectivity index (χ3n) is 6.01. The van der Waals surface area contributed by atoms with E-state index in [2.05, 4.69) is 35.2 Å². The molecule has 0 aliphatic carbocycles. The van der Waals surface area contributed by atoms with E-state index in [1.54, 1.807) is 7.11 Å². The van der Waals surface area contributed by atoms with Gasteiger partial charge in [0.1, 0.15) is 17.1 Å². The van der Waals surface area contributed by atoms with Gasteiger partial charge in [-0.2, -0.15) is 5.26 Å². The van der Waals surface area contributed by atoms with Crippen LogP contribution in [0.1, 0.15) is 36.0 Å². The van der Waals surface area contributed by atoms with E-state index in [0.717, 1.165) is 68.8 Å². The Morgan fingerprint density at radius 3 is 2.59 bits per heavy atom. The Morgan fingerprint density at radius 1 is 1.11 bits per heavy atom. The highest BCUT2D eigenvalue weighted by atomic mass is 16.5. The van der Waals surface area contributed by atoms with E-state index in [1.165, 1.54) is 11.1 Å². The minimum absolute atomic E-state index is 0.00648. The summed E-state index contributed by atoms with van der Waals surface area (Å²) in [6.45, 7) is 3.24. The third kappa shape index (κ3) is 3.94. The van der Waals surface area contributed by atoms with Crippen LogP contribution >= 0.6 is 0 Å². The molecular formula is C23H26N2O2. The highest BCUT2D eigenvalue weighted by Gasteiger charge is 2.39. The van der Waals surface area contributed by atoms with Gasteiger partial charge in [0.15, 0.2) is 0 Å². The van der Waals surface area contributed by atoms with Crippen LogP contribution in [-0.2, 0) is 12.8 Å². The molecule has 0 atom stereocenters. The van der Waals surface area contributed by atoms with E-state index in [0.29, 0.717) is 0 Å². The predicted octanol–water partition coefficient (Wildman–Crippen LogP) is 3.97. The molecule has 2 aromatic carbocycles. The summed E-state index contributed by atoms with van der Waals surface area (Å²) in [6, 6.07) is 16.3. The van der Waals surface area contributed by atoms with Crippen molar-refractivity contribution in [2.75, 3.05) is 26.7 Å². The fourth-order valence-electron chi connectivity index (χ4n) is 4.19. The number of benzene rings is 2. The number of hydrogen-bond acceptors (Lipinski definition) is 4. The van der Waals surface area contributed by atoms with E-state index in [1.807, 2.05) is 18.2 Å². The van der Waals surface area contributed by atoms with E-state index >= 15 is 0 Å². The van der Waals surface area contributed by atoms with Crippen molar-refractivity contribution >= 4 is 0 Å². The monoisotopic (exact) mass is 362 g/mol. The molecule has 1 saturated heterocycles. The lowest BCUT2D eigenvalue weighted by Gasteiger charge is -2.44. The number of aryl methyl sites for hydroxylation is 1. The summed E-state index contributed by atoms with van der Waals surface area (Å²) in [5, 5.41) is 8.89. The Morgan fingerprint density at radius 2 is 1.89 bits per heavy atom. The van der Waals surface area contributed by atoms with Gasteiger partial charge in [-0.3, -0.25) is 0 Å². The lowest BCUT2D eigenvalue weighted by molar-refractivity contribution is -0.0142. The zero-order valence-electron chi connectivity index (χ0n) is 15.9. The van der Waals surface area contributed by atoms with Gasteiger partial charge in [-0.05, 0) is 73.6 Å². The second-order valence-corrected chi connectivity index (χ2v) is 7.66. The van der Waals surface area contributed by atoms with Crippen molar-refractivity contribution in [1.29, 1.82) is 5.26 Å². The molecule has 2 aromatic rings. The van der Waals surface area contributed by atoms with Gasteiger partial charge in [0.25, 0.3) is 0 Å². The fraction of sp³-hybridized carbons (Fsp3) is 0.435. The SMILES string of the molecule is COc1ccc2c(c1)CCC1(CCN(CCc3ccc(C#N)cc3)CC1)O2. The summed E-state index contributed by atoms with van der Waals surface area (Å²) in [5.74, 6) is 1.94. The van der Waals surface area contributed by atoms with E-state index in [-0.39, 0.29) is 5.60 Å². The molecule has 2 heterocycles. The fourth-order valence-corrected chi connectivity index (χ4v) is 4.19. The van der Waals surface area contributed by atoms with Gasteiger partial charge in [-0.1, -0.05) is 12.1 Å². The highest BCUT2D eigenvalue weighted by Crippen LogP contribution is 2.40. The van der Waals surface area contributed by atoms with Crippen LogP contribution in [0.5, 0.6) is 11.5 Å². The Bertz CT molecular complexity index is 830. The van der Waals surface area contributed by atoms with Crippen LogP contribution in [0.15, 0.2) is 42.5 Å². The number of nitriles is 1. The molecule has 4 heteroatoms. The molecular weight excluding hydrogens is 336 g/mol. The van der Waals surface area contributed by atoms with Crippen LogP contribution in [0.3, 0.4) is 0 Å². The number of rotatable bonds is 4. The largest absolute Gasteiger partial charge is 0.497 e. The summed E-state index contributed by atoms with van der Waals surface area (Å²) in [6.07, 6.45) is 5.37. The minimum atomic E-state index is 0.00648. The molecule has 140 valence electrons. The molecule has 0 N–H and O–H groups in total. The standard InChI is InChI=1S/C23H26N2O2/c1-26-21-6-7-22-20(16-21)8-10-23(27-22)11-14-25(15-12-23)13-9-18-2-4-19(17-24)5-3-18/h2-7,16H,8-15H2,1H3. The first-order chi connectivity index (χ1) is 13.2. The van der Waals surface area contributed by atoms with Crippen molar-refractivity contribution in [1.82, 2.24) is 4.90 Å². The van der Waals surface area contributed by atoms with E-state index in [4.69, 9.17) is 14.7 Å². The Labute approximate surface area is 161 Å². The summed E-state index contributed by atoms with van der Waals surface area (Å²) in [7, 11) is 1.71. The zero-order valence-corrected chi connectivity index (χ0v) is 15.9. The van der Waals surface area contributed by atoms with Crippen molar-refractivity contribution in [2.45, 2.75) is 37.7 Å². The number of nitrogens with zero attached hydrogens (tertiary/aromatic N) is 2. The molecule has 2 aliphatic heterocycles. The van der Waals surface area contributed by atoms with Crippen molar-refractivity contribution in [3.63, 3.8) is 0 Å². The molecule has 4 rings (SSSR count). The molecule has 0 bridgehead atoms. The van der Waals surface area contributed by atoms with Gasteiger partial charge in [-0.25, -0.2) is 0 Å². The van der Waals surface area contributed by atoms with Crippen molar-refractivity contribution in [2.24, 2.45) is 0 Å². The van der Waals surface area contributed by atoms with Crippen LogP contribution in [-0.4, -0.2) is 37.2 Å². The molecule has 0 unspecified atom stereocenters. The summed E-state index contributed by atoms with van der Waals surface area (Å²) < 4.78 is 11.8. The highest BCUT2D eigenvalue weighted by molar-refractivity contribution is 5.42. The maximum absolute atomic E-state index is 8.89. The van der Waals surface area contributed by atoms with Gasteiger partial charge in [0, 0.05) is 19.6 Å². The van der Waals surface area contributed by atoms with Crippen LogP contribution in [0, 0.1) is 11.3 Å². The maximum atomic E-state index is 8.89. The molecule has 0 saturated carbocycles. The van der Waals surface area contributed by atoms with Crippen LogP contribution < -0.4 is 9.47 Å². The number of hydrogen-bond donors (Lipinski definition) is 0. The second-order valence-electron chi connectivity index (χ2n) is 7.66. The Balaban J connectivity index is 1.31. The number of methoxy groups -OCH3 is 1. The molecule has 1 fully saturated rings. The number of fused-ring (bicyclic) bond motifs is 1. The van der Waals surface area contributed by atoms with Crippen molar-refractivity contribution in [3.8, 4) is 17.6 Å². The number of likely N-dealkylation sites (tertiary alicyclic amines) is 1. The smallest absolute Gasteiger partial charge is 0.123 e. The van der Waals surface area contributed by atoms with Gasteiger partial charge < -0.3 is 14.4 Å². The quantitative estimate of drug-likeness (QED) is 0.826. The van der Waals surface area contributed by atoms with Gasteiger partial charge in [0.2, 0.25) is 0 Å². The summed E-state index contributed by atoms with van der Waals surface area (Å²) in [5.41, 5.74) is 3.30. The van der Waals surface area contributed by atoms with Crippen molar-refractivity contribution in [3.05, 3.63) is 59.2 Å². The van der Waals surface area contributed by atoms with Crippen LogP contribution in [0.4, 0.5) is 0 Å². The second kappa shape index (κ2) is 7.62. The van der Waals surface area contributed by atoms with Gasteiger partial charge in [0.05, 0.1) is 18.7 Å². The Kier molecular flexibility index (Phi) is 5.05. The van der Waals surface area contributed by atoms with E-state index < -0.39 is 0 Å². The average molecular weight is 362 g/mol. The molecule has 0 amide bonds. The number of ether oxygens (including phenoxy) is 2. The minimum Gasteiger partial charge on any atom is -0.497 e. The average Bonchev–Trinajstić information content (AvgIpc) is 2.73. The lowest BCUT2D eigenvalue weighted by Crippen LogP contribution is -2.50. The van der Waals surface area contributed by atoms with Crippen LogP contribution in [0.2, 0.25) is 0 Å². The van der Waals surface area contributed by atoms with E-state index in [9.17, 15) is 0 Å². The molecule has 0 aromatic heterocycles.